The lowest BCUT2D eigenvalue weighted by Crippen LogP contribution is -2.46. The minimum atomic E-state index is -5.11. The summed E-state index contributed by atoms with van der Waals surface area (Å²) in [6.07, 6.45) is -15.3. The van der Waals surface area contributed by atoms with Gasteiger partial charge in [0.05, 0.1) is 54.0 Å². The molecule has 0 saturated heterocycles. The van der Waals surface area contributed by atoms with Gasteiger partial charge in [0, 0.05) is 18.9 Å². The maximum absolute atomic E-state index is 13.8. The van der Waals surface area contributed by atoms with Gasteiger partial charge in [-0.25, -0.2) is 14.8 Å². The number of carbonyl (C=O) groups excluding carboxylic acids is 2. The first kappa shape index (κ1) is 37.1. The van der Waals surface area contributed by atoms with E-state index in [1.54, 1.807) is 6.92 Å². The summed E-state index contributed by atoms with van der Waals surface area (Å²) < 4.78 is 131. The molecule has 1 aliphatic heterocycles. The first-order valence-electron chi connectivity index (χ1n) is 14.7. The van der Waals surface area contributed by atoms with Crippen LogP contribution in [0.25, 0.3) is 0 Å². The Hall–Kier alpha value is -4.77. The number of methoxy groups -OCH3 is 1. The Morgan fingerprint density at radius 2 is 1.59 bits per heavy atom. The fraction of sp³-hybridized carbons (Fsp3) is 0.419. The summed E-state index contributed by atoms with van der Waals surface area (Å²) in [7, 11) is 1.19. The monoisotopic (exact) mass is 708 g/mol. The number of esters is 1. The van der Waals surface area contributed by atoms with Crippen molar-refractivity contribution in [2.75, 3.05) is 23.9 Å². The van der Waals surface area contributed by atoms with Crippen molar-refractivity contribution in [3.63, 3.8) is 0 Å². The van der Waals surface area contributed by atoms with Crippen LogP contribution in [-0.2, 0) is 39.2 Å². The van der Waals surface area contributed by atoms with Crippen LogP contribution in [0, 0.1) is 0 Å². The number of aromatic hydroxyl groups is 1. The van der Waals surface area contributed by atoms with Gasteiger partial charge in [0.15, 0.2) is 5.75 Å². The van der Waals surface area contributed by atoms with Gasteiger partial charge in [-0.05, 0) is 66.8 Å². The van der Waals surface area contributed by atoms with Gasteiger partial charge in [-0.15, -0.1) is 0 Å². The van der Waals surface area contributed by atoms with Gasteiger partial charge in [0.1, 0.15) is 0 Å². The lowest BCUT2D eigenvalue weighted by atomic mass is 9.89. The minimum absolute atomic E-state index is 0.00971. The number of halogens is 9. The number of alkyl halides is 9. The summed E-state index contributed by atoms with van der Waals surface area (Å²) in [4.78, 5) is 33.7. The molecule has 1 amide bonds. The molecular weight excluding hydrogens is 679 g/mol. The zero-order chi connectivity index (χ0) is 36.3. The van der Waals surface area contributed by atoms with Crippen LogP contribution >= 0.6 is 0 Å². The Bertz CT molecular complexity index is 1650. The van der Waals surface area contributed by atoms with Crippen molar-refractivity contribution >= 4 is 23.7 Å². The molecule has 4 rings (SSSR count). The van der Waals surface area contributed by atoms with Crippen molar-refractivity contribution in [1.82, 2.24) is 9.97 Å². The Kier molecular flexibility index (Phi) is 10.9. The van der Waals surface area contributed by atoms with Crippen LogP contribution in [0.15, 0.2) is 42.6 Å². The third kappa shape index (κ3) is 9.03. The largest absolute Gasteiger partial charge is 0.504 e. The molecule has 0 bridgehead atoms. The molecule has 49 heavy (non-hydrogen) atoms. The van der Waals surface area contributed by atoms with E-state index in [9.17, 15) is 54.2 Å². The van der Waals surface area contributed by atoms with E-state index in [0.29, 0.717) is 18.6 Å². The summed E-state index contributed by atoms with van der Waals surface area (Å²) in [5.41, 5.74) is -4.99. The predicted octanol–water partition coefficient (Wildman–Crippen LogP) is 8.06. The number of hydrogen-bond acceptors (Lipinski definition) is 8. The molecule has 2 N–H and O–H groups in total. The van der Waals surface area contributed by atoms with Gasteiger partial charge in [0.2, 0.25) is 5.95 Å². The van der Waals surface area contributed by atoms with Gasteiger partial charge in [-0.2, -0.15) is 39.5 Å². The van der Waals surface area contributed by atoms with E-state index in [-0.39, 0.29) is 54.8 Å². The van der Waals surface area contributed by atoms with E-state index in [0.717, 1.165) is 24.4 Å². The molecule has 0 saturated carbocycles. The van der Waals surface area contributed by atoms with Gasteiger partial charge in [-0.1, -0.05) is 6.92 Å². The highest BCUT2D eigenvalue weighted by atomic mass is 19.4. The van der Waals surface area contributed by atoms with Crippen LogP contribution < -0.4 is 10.2 Å². The standard InChI is InChI=1S/C31H29F9N4O5/c1-3-20-14-22(21-13-17(29(32,33)34)6-7-24(21)44(20)28(47)49-8-4-5-26(46)48-2)42-27-41-15-25(45)23(43-27)11-16-9-18(30(35,36)37)12-19(10-16)31(38,39)40/h6-7,9-10,12-13,15,20,22,45H,3-5,8,11,14H2,1-2H3,(H,41,42,43)/t20-,22+/m1/s1. The average Bonchev–Trinajstić information content (AvgIpc) is 3.02. The number of amides is 1. The molecule has 0 aliphatic carbocycles. The number of nitrogens with one attached hydrogen (secondary N) is 1. The molecule has 3 aromatic rings. The molecule has 0 radical (unpaired) electrons. The third-order valence-corrected chi connectivity index (χ3v) is 7.68. The van der Waals surface area contributed by atoms with Crippen LogP contribution in [0.1, 0.15) is 72.2 Å². The molecule has 2 atom stereocenters. The van der Waals surface area contributed by atoms with Crippen LogP contribution in [0.3, 0.4) is 0 Å². The SMILES string of the molecule is CC[C@@H]1C[C@H](Nc2ncc(O)c(Cc3cc(C(F)(F)F)cc(C(F)(F)F)c3)n2)c2cc(C(F)(F)F)ccc2N1C(=O)OCCCC(=O)OC. The van der Waals surface area contributed by atoms with Crippen molar-refractivity contribution in [1.29, 1.82) is 0 Å². The third-order valence-electron chi connectivity index (χ3n) is 7.68. The molecule has 0 spiro atoms. The molecule has 0 unspecified atom stereocenters. The summed E-state index contributed by atoms with van der Waals surface area (Å²) in [5.74, 6) is -1.50. The number of anilines is 2. The maximum atomic E-state index is 13.8. The van der Waals surface area contributed by atoms with E-state index in [1.165, 1.54) is 12.0 Å². The Balaban J connectivity index is 1.67. The molecule has 1 aromatic heterocycles. The quantitative estimate of drug-likeness (QED) is 0.130. The summed E-state index contributed by atoms with van der Waals surface area (Å²) >= 11 is 0. The lowest BCUT2D eigenvalue weighted by Gasteiger charge is -2.40. The van der Waals surface area contributed by atoms with Crippen molar-refractivity contribution < 1.29 is 63.7 Å². The van der Waals surface area contributed by atoms with Gasteiger partial charge in [-0.3, -0.25) is 9.69 Å². The van der Waals surface area contributed by atoms with E-state index >= 15 is 0 Å². The van der Waals surface area contributed by atoms with E-state index in [4.69, 9.17) is 4.74 Å². The number of carbonyl (C=O) groups is 2. The van der Waals surface area contributed by atoms with E-state index in [1.807, 2.05) is 0 Å². The fourth-order valence-corrected chi connectivity index (χ4v) is 5.29. The lowest BCUT2D eigenvalue weighted by molar-refractivity contribution is -0.143. The number of ether oxygens (including phenoxy) is 2. The van der Waals surface area contributed by atoms with Crippen molar-refractivity contribution in [2.24, 2.45) is 0 Å². The van der Waals surface area contributed by atoms with Crippen molar-refractivity contribution in [2.45, 2.75) is 69.6 Å². The predicted molar refractivity (Wildman–Crippen MR) is 155 cm³/mol. The smallest absolute Gasteiger partial charge is 0.416 e. The number of fused-ring (bicyclic) bond motifs is 1. The Morgan fingerprint density at radius 1 is 0.959 bits per heavy atom. The first-order chi connectivity index (χ1) is 22.8. The molecular formula is C31H29F9N4O5. The second-order valence-corrected chi connectivity index (χ2v) is 11.0. The average molecular weight is 709 g/mol. The number of benzene rings is 2. The minimum Gasteiger partial charge on any atom is -0.504 e. The van der Waals surface area contributed by atoms with E-state index < -0.39 is 77.1 Å². The van der Waals surface area contributed by atoms with Crippen LogP contribution in [-0.4, -0.2) is 46.9 Å². The van der Waals surface area contributed by atoms with Crippen LogP contribution in [0.4, 0.5) is 55.9 Å². The highest BCUT2D eigenvalue weighted by Gasteiger charge is 2.40. The van der Waals surface area contributed by atoms with Crippen LogP contribution in [0.2, 0.25) is 0 Å². The van der Waals surface area contributed by atoms with Gasteiger partial charge < -0.3 is 19.9 Å². The van der Waals surface area contributed by atoms with Crippen LogP contribution in [0.5, 0.6) is 5.75 Å². The maximum Gasteiger partial charge on any atom is 0.416 e. The number of aromatic nitrogens is 2. The zero-order valence-corrected chi connectivity index (χ0v) is 25.8. The Morgan fingerprint density at radius 3 is 2.16 bits per heavy atom. The molecule has 266 valence electrons. The fourth-order valence-electron chi connectivity index (χ4n) is 5.29. The summed E-state index contributed by atoms with van der Waals surface area (Å²) in [6.45, 7) is 1.53. The van der Waals surface area contributed by atoms with Gasteiger partial charge in [0.25, 0.3) is 0 Å². The highest BCUT2D eigenvalue weighted by molar-refractivity contribution is 5.90. The molecule has 2 heterocycles. The molecule has 0 fully saturated rings. The number of nitrogens with zero attached hydrogens (tertiary/aromatic N) is 3. The number of hydrogen-bond donors (Lipinski definition) is 2. The molecule has 1 aliphatic rings. The molecule has 18 heteroatoms. The Labute approximate surface area is 273 Å². The summed E-state index contributed by atoms with van der Waals surface area (Å²) in [6, 6.07) is 1.98. The molecule has 2 aromatic carbocycles. The summed E-state index contributed by atoms with van der Waals surface area (Å²) in [5, 5.41) is 13.2. The first-order valence-corrected chi connectivity index (χ1v) is 14.7. The normalized spacial score (nSPS) is 16.6. The van der Waals surface area contributed by atoms with Gasteiger partial charge >= 0.3 is 30.6 Å². The molecule has 9 nitrogen and oxygen atoms in total. The highest BCUT2D eigenvalue weighted by Crippen LogP contribution is 2.43. The number of rotatable bonds is 9. The van der Waals surface area contributed by atoms with Crippen molar-refractivity contribution in [3.8, 4) is 5.75 Å². The van der Waals surface area contributed by atoms with Crippen molar-refractivity contribution in [3.05, 3.63) is 76.1 Å². The zero-order valence-electron chi connectivity index (χ0n) is 25.8. The topological polar surface area (TPSA) is 114 Å². The second-order valence-electron chi connectivity index (χ2n) is 11.0. The van der Waals surface area contributed by atoms with E-state index in [2.05, 4.69) is 20.0 Å². The second kappa shape index (κ2) is 14.4.